The summed E-state index contributed by atoms with van der Waals surface area (Å²) in [6.07, 6.45) is 2.21. The molecule has 2 aromatic heterocycles. The Morgan fingerprint density at radius 1 is 1.38 bits per heavy atom. The molecule has 0 radical (unpaired) electrons. The van der Waals surface area contributed by atoms with Crippen LogP contribution >= 0.6 is 11.3 Å². The number of aromatic nitrogens is 4. The number of carbonyl (C=O) groups excluding carboxylic acids is 2. The average Bonchev–Trinajstić information content (AvgIpc) is 3.38. The summed E-state index contributed by atoms with van der Waals surface area (Å²) in [7, 11) is -5.04. The Morgan fingerprint density at radius 3 is 2.64 bits per heavy atom. The molecule has 3 heterocycles. The maximum absolute atomic E-state index is 13.2. The van der Waals surface area contributed by atoms with Gasteiger partial charge in [0.2, 0.25) is 5.60 Å². The van der Waals surface area contributed by atoms with Gasteiger partial charge in [-0.1, -0.05) is 5.16 Å². The van der Waals surface area contributed by atoms with Crippen molar-refractivity contribution in [1.82, 2.24) is 34.5 Å². The van der Waals surface area contributed by atoms with Gasteiger partial charge in [-0.3, -0.25) is 19.6 Å². The van der Waals surface area contributed by atoms with Crippen LogP contribution in [0.25, 0.3) is 0 Å². The Bertz CT molecular complexity index is 1520. The molecule has 2 aliphatic rings. The predicted molar refractivity (Wildman–Crippen MR) is 144 cm³/mol. The minimum Gasteiger partial charge on any atom is -0.478 e. The highest BCUT2D eigenvalue weighted by Gasteiger charge is 2.56. The summed E-state index contributed by atoms with van der Waals surface area (Å²) in [5.41, 5.74) is 14.9. The highest BCUT2D eigenvalue weighted by atomic mass is 32.2. The van der Waals surface area contributed by atoms with Crippen molar-refractivity contribution in [2.45, 2.75) is 50.0 Å². The van der Waals surface area contributed by atoms with Gasteiger partial charge in [0.25, 0.3) is 11.8 Å². The number of amides is 2. The first-order valence-corrected chi connectivity index (χ1v) is 14.5. The standard InChI is InChI=1S/C20H28N12O8S2/c21-4-1-5-30(18(22)23)7-10-6-25-31(28-10)8-12-14(16(34)32(12)42(37,38)39)27-15(33)13(11-9-41-19(24)26-11)29-40-20(2-3-20)17(35)36/h6,9,12,14H,1-5,7-8,21H2,(H3,22,23)(H2,24,26)(H,27,33)(H,35,36)(H,37,38,39)/b29-13-. The van der Waals surface area contributed by atoms with Gasteiger partial charge in [0.05, 0.1) is 19.3 Å². The predicted octanol–water partition coefficient (Wildman–Crippen LogP) is -3.10. The molecule has 42 heavy (non-hydrogen) atoms. The van der Waals surface area contributed by atoms with E-state index in [2.05, 4.69) is 25.7 Å². The van der Waals surface area contributed by atoms with Gasteiger partial charge in [0.15, 0.2) is 16.8 Å². The molecule has 0 bridgehead atoms. The van der Waals surface area contributed by atoms with Crippen LogP contribution in [-0.4, -0.2) is 107 Å². The van der Waals surface area contributed by atoms with E-state index >= 15 is 0 Å². The second-order valence-electron chi connectivity index (χ2n) is 9.37. The molecule has 1 aliphatic heterocycles. The Kier molecular flexibility index (Phi) is 8.60. The van der Waals surface area contributed by atoms with Crippen molar-refractivity contribution in [2.75, 3.05) is 18.8 Å². The van der Waals surface area contributed by atoms with Crippen LogP contribution in [0.1, 0.15) is 30.7 Å². The highest BCUT2D eigenvalue weighted by Crippen LogP contribution is 2.40. The minimum atomic E-state index is -5.04. The summed E-state index contributed by atoms with van der Waals surface area (Å²) >= 11 is 0.959. The Hall–Kier alpha value is -4.41. The first-order valence-electron chi connectivity index (χ1n) is 12.3. The molecular formula is C20H28N12O8S2. The third kappa shape index (κ3) is 6.56. The van der Waals surface area contributed by atoms with Gasteiger partial charge in [-0.05, 0) is 13.0 Å². The number of β-lactam (4-membered cyclic amide) rings is 1. The largest absolute Gasteiger partial charge is 0.478 e. The van der Waals surface area contributed by atoms with Crippen LogP contribution in [0, 0.1) is 5.41 Å². The lowest BCUT2D eigenvalue weighted by Gasteiger charge is -2.43. The molecule has 20 nitrogen and oxygen atoms in total. The molecule has 1 saturated carbocycles. The van der Waals surface area contributed by atoms with E-state index in [0.717, 1.165) is 16.1 Å². The van der Waals surface area contributed by atoms with Crippen LogP contribution in [0.4, 0.5) is 5.13 Å². The number of nitrogens with one attached hydrogen (secondary N) is 2. The molecule has 0 aromatic carbocycles. The number of aliphatic carboxylic acids is 1. The van der Waals surface area contributed by atoms with Gasteiger partial charge < -0.3 is 37.4 Å². The molecular weight excluding hydrogens is 600 g/mol. The first kappa shape index (κ1) is 30.5. The molecule has 0 spiro atoms. The van der Waals surface area contributed by atoms with Crippen molar-refractivity contribution in [3.8, 4) is 0 Å². The monoisotopic (exact) mass is 628 g/mol. The summed E-state index contributed by atoms with van der Waals surface area (Å²) in [5, 5.41) is 32.8. The van der Waals surface area contributed by atoms with Crippen LogP contribution in [0.15, 0.2) is 16.7 Å². The molecule has 1 aliphatic carbocycles. The number of carboxylic acid groups (broad SMARTS) is 1. The number of carbonyl (C=O) groups is 3. The first-order chi connectivity index (χ1) is 19.8. The molecule has 2 atom stereocenters. The summed E-state index contributed by atoms with van der Waals surface area (Å²) < 4.78 is 33.7. The van der Waals surface area contributed by atoms with Gasteiger partial charge in [-0.2, -0.15) is 23.4 Å². The van der Waals surface area contributed by atoms with E-state index < -0.39 is 51.5 Å². The van der Waals surface area contributed by atoms with Crippen molar-refractivity contribution in [3.05, 3.63) is 23.0 Å². The quantitative estimate of drug-likeness (QED) is 0.0358. The number of oxime groups is 1. The van der Waals surface area contributed by atoms with Crippen molar-refractivity contribution >= 4 is 56.2 Å². The van der Waals surface area contributed by atoms with Crippen molar-refractivity contribution < 1.29 is 37.3 Å². The zero-order valence-corrected chi connectivity index (χ0v) is 23.4. The maximum atomic E-state index is 13.2. The molecule has 2 aromatic rings. The lowest BCUT2D eigenvalue weighted by molar-refractivity contribution is -0.153. The SMILES string of the molecule is N=C(N)N(CCCN)Cc1cnn(CC2C(NC(=O)/C(=N\OC3(C(=O)O)CC3)c3csc(N)n3)C(=O)N2S(=O)(=O)O)n1. The van der Waals surface area contributed by atoms with E-state index in [4.69, 9.17) is 27.4 Å². The number of nitrogens with zero attached hydrogens (tertiary/aromatic N) is 7. The van der Waals surface area contributed by atoms with Crippen molar-refractivity contribution in [1.29, 1.82) is 5.41 Å². The number of rotatable bonds is 14. The molecule has 2 unspecified atom stereocenters. The lowest BCUT2D eigenvalue weighted by Crippen LogP contribution is -2.73. The lowest BCUT2D eigenvalue weighted by atomic mass is 9.98. The molecule has 22 heteroatoms. The van der Waals surface area contributed by atoms with E-state index in [-0.39, 0.29) is 47.0 Å². The maximum Gasteiger partial charge on any atom is 0.362 e. The topological polar surface area (TPSA) is 311 Å². The number of hydrogen-bond acceptors (Lipinski definition) is 14. The Labute approximate surface area is 241 Å². The zero-order chi connectivity index (χ0) is 30.8. The summed E-state index contributed by atoms with van der Waals surface area (Å²) in [4.78, 5) is 49.1. The number of nitrogen functional groups attached to an aromatic ring is 1. The van der Waals surface area contributed by atoms with Crippen LogP contribution in [0.2, 0.25) is 0 Å². The highest BCUT2D eigenvalue weighted by molar-refractivity contribution is 7.84. The zero-order valence-electron chi connectivity index (χ0n) is 21.8. The fraction of sp³-hybridized carbons (Fsp3) is 0.500. The molecule has 228 valence electrons. The third-order valence-corrected chi connectivity index (χ3v) is 7.97. The fourth-order valence-electron chi connectivity index (χ4n) is 3.97. The second-order valence-corrected chi connectivity index (χ2v) is 11.6. The third-order valence-electron chi connectivity index (χ3n) is 6.35. The second kappa shape index (κ2) is 11.8. The molecule has 4 rings (SSSR count). The van der Waals surface area contributed by atoms with E-state index in [9.17, 15) is 32.5 Å². The normalized spacial score (nSPS) is 19.6. The van der Waals surface area contributed by atoms with Crippen LogP contribution in [0.3, 0.4) is 0 Å². The van der Waals surface area contributed by atoms with Crippen LogP contribution in [0.5, 0.6) is 0 Å². The van der Waals surface area contributed by atoms with E-state index in [0.29, 0.717) is 25.2 Å². The van der Waals surface area contributed by atoms with E-state index in [1.165, 1.54) is 16.5 Å². The van der Waals surface area contributed by atoms with Crippen LogP contribution < -0.4 is 22.5 Å². The van der Waals surface area contributed by atoms with Gasteiger partial charge in [-0.25, -0.2) is 14.1 Å². The van der Waals surface area contributed by atoms with E-state index in [1.807, 2.05) is 0 Å². The fourth-order valence-corrected chi connectivity index (χ4v) is 5.38. The molecule has 10 N–H and O–H groups in total. The van der Waals surface area contributed by atoms with Gasteiger partial charge in [0.1, 0.15) is 23.5 Å². The number of nitrogens with two attached hydrogens (primary N) is 3. The van der Waals surface area contributed by atoms with Gasteiger partial charge >= 0.3 is 16.3 Å². The Balaban J connectivity index is 1.53. The smallest absolute Gasteiger partial charge is 0.362 e. The number of carboxylic acids is 1. The van der Waals surface area contributed by atoms with Crippen LogP contribution in [-0.2, 0) is 42.6 Å². The number of guanidine groups is 1. The van der Waals surface area contributed by atoms with Gasteiger partial charge in [-0.15, -0.1) is 11.3 Å². The summed E-state index contributed by atoms with van der Waals surface area (Å²) in [6.45, 7) is 0.468. The number of anilines is 1. The van der Waals surface area contributed by atoms with Crippen molar-refractivity contribution in [2.24, 2.45) is 16.6 Å². The molecule has 2 fully saturated rings. The van der Waals surface area contributed by atoms with E-state index in [1.54, 1.807) is 0 Å². The minimum absolute atomic E-state index is 0.0620. The summed E-state index contributed by atoms with van der Waals surface area (Å²) in [6, 6.07) is -2.86. The van der Waals surface area contributed by atoms with Gasteiger partial charge in [0, 0.05) is 24.8 Å². The molecule has 1 saturated heterocycles. The number of thiazole rings is 1. The average molecular weight is 629 g/mol. The van der Waals surface area contributed by atoms with Crippen molar-refractivity contribution in [3.63, 3.8) is 0 Å². The Morgan fingerprint density at radius 2 is 2.10 bits per heavy atom. The summed E-state index contributed by atoms with van der Waals surface area (Å²) in [5.74, 6) is -3.71. The number of hydrogen-bond donors (Lipinski definition) is 7. The molecule has 2 amide bonds.